The number of aliphatic imine (C=N–C) groups is 1. The van der Waals surface area contributed by atoms with E-state index in [9.17, 15) is 4.21 Å². The van der Waals surface area contributed by atoms with E-state index in [1.165, 1.54) is 0 Å². The smallest absolute Gasteiger partial charge is 0.191 e. The van der Waals surface area contributed by atoms with E-state index in [1.807, 2.05) is 67.6 Å². The van der Waals surface area contributed by atoms with E-state index in [2.05, 4.69) is 15.6 Å². The molecule has 6 heteroatoms. The maximum Gasteiger partial charge on any atom is 0.191 e. The molecule has 0 bridgehead atoms. The van der Waals surface area contributed by atoms with Crippen molar-refractivity contribution in [2.24, 2.45) is 4.99 Å². The number of para-hydroxylation sites is 1. The molecule has 0 saturated heterocycles. The number of hydrogen-bond donors (Lipinski definition) is 2. The van der Waals surface area contributed by atoms with E-state index in [0.717, 1.165) is 29.6 Å². The minimum atomic E-state index is -0.999. The lowest BCUT2D eigenvalue weighted by Gasteiger charge is -2.11. The zero-order chi connectivity index (χ0) is 18.5. The van der Waals surface area contributed by atoms with Crippen LogP contribution >= 0.6 is 0 Å². The fourth-order valence-electron chi connectivity index (χ4n) is 2.26. The molecular weight excluding hydrogens is 346 g/mol. The van der Waals surface area contributed by atoms with Gasteiger partial charge < -0.3 is 15.4 Å². The van der Waals surface area contributed by atoms with Crippen molar-refractivity contribution in [1.29, 1.82) is 0 Å². The Morgan fingerprint density at radius 1 is 1.04 bits per heavy atom. The Bertz CT molecular complexity index is 678. The lowest BCUT2D eigenvalue weighted by atomic mass is 10.3. The predicted octanol–water partition coefficient (Wildman–Crippen LogP) is 2.82. The molecule has 2 aromatic carbocycles. The topological polar surface area (TPSA) is 62.7 Å². The normalized spacial score (nSPS) is 12.4. The maximum absolute atomic E-state index is 12.2. The number of benzene rings is 2. The summed E-state index contributed by atoms with van der Waals surface area (Å²) in [6.45, 7) is 4.72. The molecule has 140 valence electrons. The van der Waals surface area contributed by atoms with E-state index < -0.39 is 10.8 Å². The molecular formula is C20H27N3O2S. The van der Waals surface area contributed by atoms with Crippen molar-refractivity contribution in [1.82, 2.24) is 10.6 Å². The Labute approximate surface area is 158 Å². The van der Waals surface area contributed by atoms with Gasteiger partial charge in [0.2, 0.25) is 0 Å². The Kier molecular flexibility index (Phi) is 9.29. The summed E-state index contributed by atoms with van der Waals surface area (Å²) in [7, 11) is -0.999. The molecule has 2 N–H and O–H groups in total. The standard InChI is InChI=1S/C20H27N3O2S/c1-2-21-20(22-14-9-16-25-18-10-5-3-6-11-18)23-15-17-26(24)19-12-7-4-8-13-19/h3-8,10-13H,2,9,14-17H2,1H3,(H2,21,22,23). The summed E-state index contributed by atoms with van der Waals surface area (Å²) < 4.78 is 17.9. The third-order valence-corrected chi connectivity index (χ3v) is 4.89. The molecule has 0 saturated carbocycles. The quantitative estimate of drug-likeness (QED) is 0.382. The molecule has 2 aromatic rings. The van der Waals surface area contributed by atoms with Crippen molar-refractivity contribution >= 4 is 16.8 Å². The fraction of sp³-hybridized carbons (Fsp3) is 0.350. The van der Waals surface area contributed by atoms with Gasteiger partial charge in [0, 0.05) is 36.7 Å². The van der Waals surface area contributed by atoms with Gasteiger partial charge in [0.15, 0.2) is 5.96 Å². The highest BCUT2D eigenvalue weighted by atomic mass is 32.2. The molecule has 0 fully saturated rings. The fourth-order valence-corrected chi connectivity index (χ4v) is 3.24. The zero-order valence-electron chi connectivity index (χ0n) is 15.2. The number of rotatable bonds is 10. The molecule has 0 aliphatic heterocycles. The molecule has 0 amide bonds. The van der Waals surface area contributed by atoms with Crippen LogP contribution in [0.25, 0.3) is 0 Å². The van der Waals surface area contributed by atoms with Gasteiger partial charge in [-0.3, -0.25) is 9.20 Å². The highest BCUT2D eigenvalue weighted by Gasteiger charge is 2.03. The maximum atomic E-state index is 12.2. The summed E-state index contributed by atoms with van der Waals surface area (Å²) in [6, 6.07) is 19.3. The molecule has 0 aliphatic rings. The molecule has 1 atom stereocenters. The van der Waals surface area contributed by atoms with Crippen molar-refractivity contribution < 1.29 is 8.95 Å². The number of ether oxygens (including phenoxy) is 1. The highest BCUT2D eigenvalue weighted by molar-refractivity contribution is 7.85. The Hall–Kier alpha value is -2.34. The van der Waals surface area contributed by atoms with E-state index in [0.29, 0.717) is 25.4 Å². The Morgan fingerprint density at radius 2 is 1.73 bits per heavy atom. The molecule has 26 heavy (non-hydrogen) atoms. The first-order valence-corrected chi connectivity index (χ1v) is 10.2. The van der Waals surface area contributed by atoms with Crippen LogP contribution < -0.4 is 15.4 Å². The summed E-state index contributed by atoms with van der Waals surface area (Å²) in [4.78, 5) is 5.39. The van der Waals surface area contributed by atoms with Crippen LogP contribution in [0, 0.1) is 0 Å². The van der Waals surface area contributed by atoms with Crippen LogP contribution in [0.4, 0.5) is 0 Å². The van der Waals surface area contributed by atoms with Gasteiger partial charge in [-0.25, -0.2) is 0 Å². The molecule has 0 spiro atoms. The Morgan fingerprint density at radius 3 is 2.42 bits per heavy atom. The second-order valence-electron chi connectivity index (χ2n) is 5.57. The predicted molar refractivity (Wildman–Crippen MR) is 108 cm³/mol. The van der Waals surface area contributed by atoms with Crippen molar-refractivity contribution in [3.05, 3.63) is 60.7 Å². The summed E-state index contributed by atoms with van der Waals surface area (Å²) >= 11 is 0. The summed E-state index contributed by atoms with van der Waals surface area (Å²) in [5, 5.41) is 6.44. The highest BCUT2D eigenvalue weighted by Crippen LogP contribution is 2.08. The first-order valence-electron chi connectivity index (χ1n) is 8.93. The van der Waals surface area contributed by atoms with Crippen molar-refractivity contribution in [2.75, 3.05) is 32.0 Å². The summed E-state index contributed by atoms with van der Waals surface area (Å²) in [5.74, 6) is 2.17. The number of nitrogens with one attached hydrogen (secondary N) is 2. The van der Waals surface area contributed by atoms with E-state index >= 15 is 0 Å². The van der Waals surface area contributed by atoms with Gasteiger partial charge in [-0.2, -0.15) is 0 Å². The largest absolute Gasteiger partial charge is 0.494 e. The molecule has 0 aromatic heterocycles. The van der Waals surface area contributed by atoms with Crippen molar-refractivity contribution in [2.45, 2.75) is 18.2 Å². The molecule has 0 aliphatic carbocycles. The van der Waals surface area contributed by atoms with Crippen molar-refractivity contribution in [3.63, 3.8) is 0 Å². The van der Waals surface area contributed by atoms with Gasteiger partial charge in [-0.15, -0.1) is 0 Å². The van der Waals surface area contributed by atoms with Crippen LogP contribution in [-0.4, -0.2) is 42.2 Å². The molecule has 1 unspecified atom stereocenters. The van der Waals surface area contributed by atoms with Crippen LogP contribution in [0.3, 0.4) is 0 Å². The number of nitrogens with zero attached hydrogens (tertiary/aromatic N) is 1. The number of guanidine groups is 1. The molecule has 5 nitrogen and oxygen atoms in total. The number of hydrogen-bond acceptors (Lipinski definition) is 3. The first-order chi connectivity index (χ1) is 12.8. The van der Waals surface area contributed by atoms with E-state index in [4.69, 9.17) is 4.74 Å². The lowest BCUT2D eigenvalue weighted by molar-refractivity contribution is 0.313. The van der Waals surface area contributed by atoms with Gasteiger partial charge in [0.25, 0.3) is 0 Å². The SMILES string of the molecule is CCNC(=NCCCOc1ccccc1)NCCS(=O)c1ccccc1. The average molecular weight is 374 g/mol. The van der Waals surface area contributed by atoms with E-state index in [1.54, 1.807) is 0 Å². The van der Waals surface area contributed by atoms with Gasteiger partial charge in [0.05, 0.1) is 17.4 Å². The summed E-state index contributed by atoms with van der Waals surface area (Å²) in [6.07, 6.45) is 0.835. The van der Waals surface area contributed by atoms with Gasteiger partial charge in [0.1, 0.15) is 5.75 Å². The average Bonchev–Trinajstić information content (AvgIpc) is 2.69. The van der Waals surface area contributed by atoms with Crippen LogP contribution in [0.1, 0.15) is 13.3 Å². The molecule has 2 rings (SSSR count). The van der Waals surface area contributed by atoms with Crippen LogP contribution in [0.15, 0.2) is 70.6 Å². The first kappa shape index (κ1) is 20.0. The van der Waals surface area contributed by atoms with E-state index in [-0.39, 0.29) is 0 Å². The Balaban J connectivity index is 1.68. The third-order valence-electron chi connectivity index (χ3n) is 3.51. The van der Waals surface area contributed by atoms with Gasteiger partial charge in [-0.1, -0.05) is 36.4 Å². The minimum Gasteiger partial charge on any atom is -0.494 e. The molecule has 0 radical (unpaired) electrons. The monoisotopic (exact) mass is 373 g/mol. The summed E-state index contributed by atoms with van der Waals surface area (Å²) in [5.41, 5.74) is 0. The molecule has 0 heterocycles. The zero-order valence-corrected chi connectivity index (χ0v) is 16.0. The van der Waals surface area contributed by atoms with Crippen molar-refractivity contribution in [3.8, 4) is 5.75 Å². The minimum absolute atomic E-state index is 0.547. The third kappa shape index (κ3) is 7.70. The second-order valence-corrected chi connectivity index (χ2v) is 7.14. The van der Waals surface area contributed by atoms with Gasteiger partial charge >= 0.3 is 0 Å². The van der Waals surface area contributed by atoms with Crippen LogP contribution in [0.2, 0.25) is 0 Å². The second kappa shape index (κ2) is 12.1. The van der Waals surface area contributed by atoms with Gasteiger partial charge in [-0.05, 0) is 31.2 Å². The van der Waals surface area contributed by atoms with Crippen LogP contribution in [-0.2, 0) is 10.8 Å². The lowest BCUT2D eigenvalue weighted by Crippen LogP contribution is -2.39. The van der Waals surface area contributed by atoms with Crippen LogP contribution in [0.5, 0.6) is 5.75 Å².